The van der Waals surface area contributed by atoms with Gasteiger partial charge in [-0.05, 0) is 68.7 Å². The van der Waals surface area contributed by atoms with Gasteiger partial charge in [0.25, 0.3) is 11.2 Å². The van der Waals surface area contributed by atoms with E-state index < -0.39 is 16.9 Å². The standard InChI is InChI=1S/C29H31N3O7S/c1-6-7-14-38-22-13-10-20(16-23(22)37-5)26-25(28(34)39-17(2)3)18(4)30-29-31(26)27(33)24(40-29)15-19-8-11-21(12-9-19)32(35)36/h8-13,15-17,26H,6-7,14H2,1-5H3. The van der Waals surface area contributed by atoms with Crippen LogP contribution in [-0.4, -0.2) is 35.3 Å². The number of carbonyl (C=O) groups excluding carboxylic acids is 1. The molecule has 0 bridgehead atoms. The molecule has 0 amide bonds. The van der Waals surface area contributed by atoms with Crippen molar-refractivity contribution >= 4 is 29.1 Å². The van der Waals surface area contributed by atoms with Crippen molar-refractivity contribution in [3.05, 3.63) is 94.7 Å². The summed E-state index contributed by atoms with van der Waals surface area (Å²) in [6.45, 7) is 7.85. The zero-order valence-corrected chi connectivity index (χ0v) is 23.8. The number of rotatable bonds is 10. The molecule has 2 aromatic carbocycles. The van der Waals surface area contributed by atoms with E-state index in [-0.39, 0.29) is 22.9 Å². The first-order valence-electron chi connectivity index (χ1n) is 12.9. The fraction of sp³-hybridized carbons (Fsp3) is 0.345. The van der Waals surface area contributed by atoms with Gasteiger partial charge >= 0.3 is 5.97 Å². The van der Waals surface area contributed by atoms with E-state index >= 15 is 0 Å². The molecule has 1 aromatic heterocycles. The molecule has 0 aliphatic carbocycles. The van der Waals surface area contributed by atoms with Crippen molar-refractivity contribution in [3.8, 4) is 11.5 Å². The third kappa shape index (κ3) is 5.99. The van der Waals surface area contributed by atoms with Crippen molar-refractivity contribution in [2.45, 2.75) is 52.7 Å². The SMILES string of the molecule is CCCCOc1ccc(C2C(C(=O)OC(C)C)=C(C)N=c3sc(=Cc4ccc([N+](=O)[O-])cc4)c(=O)n32)cc1OC. The molecule has 40 heavy (non-hydrogen) atoms. The normalized spacial score (nSPS) is 15.1. The number of methoxy groups -OCH3 is 1. The van der Waals surface area contributed by atoms with E-state index in [1.807, 2.05) is 6.07 Å². The van der Waals surface area contributed by atoms with Gasteiger partial charge in [0.1, 0.15) is 0 Å². The summed E-state index contributed by atoms with van der Waals surface area (Å²) in [6, 6.07) is 10.4. The average molecular weight is 566 g/mol. The molecule has 0 spiro atoms. The highest BCUT2D eigenvalue weighted by atomic mass is 32.1. The molecule has 11 heteroatoms. The first-order valence-corrected chi connectivity index (χ1v) is 13.7. The van der Waals surface area contributed by atoms with Gasteiger partial charge in [-0.15, -0.1) is 0 Å². The topological polar surface area (TPSA) is 122 Å². The lowest BCUT2D eigenvalue weighted by Gasteiger charge is -2.26. The summed E-state index contributed by atoms with van der Waals surface area (Å²) in [5.41, 5.74) is 1.56. The maximum atomic E-state index is 13.8. The van der Waals surface area contributed by atoms with Gasteiger partial charge < -0.3 is 14.2 Å². The molecule has 4 rings (SSSR count). The number of esters is 1. The minimum Gasteiger partial charge on any atom is -0.493 e. The van der Waals surface area contributed by atoms with Gasteiger partial charge in [-0.3, -0.25) is 19.5 Å². The number of nitro benzene ring substituents is 1. The van der Waals surface area contributed by atoms with E-state index in [0.29, 0.717) is 44.3 Å². The van der Waals surface area contributed by atoms with E-state index in [1.165, 1.54) is 35.1 Å². The van der Waals surface area contributed by atoms with Gasteiger partial charge in [-0.2, -0.15) is 0 Å². The number of allylic oxidation sites excluding steroid dienone is 1. The Labute approximate surface area is 235 Å². The van der Waals surface area contributed by atoms with E-state index in [4.69, 9.17) is 14.2 Å². The van der Waals surface area contributed by atoms with Crippen molar-refractivity contribution in [2.75, 3.05) is 13.7 Å². The zero-order valence-electron chi connectivity index (χ0n) is 23.0. The van der Waals surface area contributed by atoms with Crippen molar-refractivity contribution in [1.29, 1.82) is 0 Å². The minimum absolute atomic E-state index is 0.0430. The fourth-order valence-corrected chi connectivity index (χ4v) is 5.37. The molecule has 10 nitrogen and oxygen atoms in total. The van der Waals surface area contributed by atoms with Crippen LogP contribution in [0.15, 0.2) is 63.5 Å². The van der Waals surface area contributed by atoms with Crippen LogP contribution in [0.4, 0.5) is 5.69 Å². The van der Waals surface area contributed by atoms with E-state index in [9.17, 15) is 19.7 Å². The summed E-state index contributed by atoms with van der Waals surface area (Å²) in [5, 5.41) is 11.0. The Bertz CT molecular complexity index is 1640. The molecule has 0 saturated heterocycles. The number of unbranched alkanes of at least 4 members (excludes halogenated alkanes) is 1. The fourth-order valence-electron chi connectivity index (χ4n) is 4.32. The Morgan fingerprint density at radius 3 is 2.55 bits per heavy atom. The van der Waals surface area contributed by atoms with Crippen LogP contribution in [0.5, 0.6) is 11.5 Å². The molecular formula is C29H31N3O7S. The highest BCUT2D eigenvalue weighted by Crippen LogP contribution is 2.36. The van der Waals surface area contributed by atoms with Gasteiger partial charge in [-0.25, -0.2) is 9.79 Å². The summed E-state index contributed by atoms with van der Waals surface area (Å²) in [6.07, 6.45) is 3.16. The molecule has 0 radical (unpaired) electrons. The molecular weight excluding hydrogens is 534 g/mol. The van der Waals surface area contributed by atoms with Crippen molar-refractivity contribution in [2.24, 2.45) is 4.99 Å². The van der Waals surface area contributed by atoms with Gasteiger partial charge in [0, 0.05) is 12.1 Å². The Balaban J connectivity index is 1.88. The third-order valence-electron chi connectivity index (χ3n) is 6.24. The number of non-ortho nitro benzene ring substituents is 1. The Morgan fingerprint density at radius 1 is 1.20 bits per heavy atom. The maximum Gasteiger partial charge on any atom is 0.338 e. The van der Waals surface area contributed by atoms with Gasteiger partial charge in [0.2, 0.25) is 0 Å². The van der Waals surface area contributed by atoms with Gasteiger partial charge in [0.05, 0.1) is 46.6 Å². The predicted molar refractivity (Wildman–Crippen MR) is 151 cm³/mol. The number of thiazole rings is 1. The molecule has 1 unspecified atom stereocenters. The summed E-state index contributed by atoms with van der Waals surface area (Å²) in [4.78, 5) is 42.7. The van der Waals surface area contributed by atoms with Gasteiger partial charge in [0.15, 0.2) is 16.3 Å². The number of benzene rings is 2. The van der Waals surface area contributed by atoms with E-state index in [0.717, 1.165) is 12.8 Å². The lowest BCUT2D eigenvalue weighted by atomic mass is 9.95. The quantitative estimate of drug-likeness (QED) is 0.156. The molecule has 0 fully saturated rings. The van der Waals surface area contributed by atoms with Crippen LogP contribution in [0, 0.1) is 10.1 Å². The Hall–Kier alpha value is -4.25. The van der Waals surface area contributed by atoms with Crippen LogP contribution in [0.2, 0.25) is 0 Å². The highest BCUT2D eigenvalue weighted by Gasteiger charge is 2.34. The highest BCUT2D eigenvalue weighted by molar-refractivity contribution is 7.07. The monoisotopic (exact) mass is 565 g/mol. The summed E-state index contributed by atoms with van der Waals surface area (Å²) < 4.78 is 18.9. The van der Waals surface area contributed by atoms with E-state index in [2.05, 4.69) is 11.9 Å². The first-order chi connectivity index (χ1) is 19.1. The van der Waals surface area contributed by atoms with Crippen LogP contribution >= 0.6 is 11.3 Å². The number of nitro groups is 1. The van der Waals surface area contributed by atoms with Crippen LogP contribution in [0.1, 0.15) is 57.7 Å². The number of fused-ring (bicyclic) bond motifs is 1. The molecule has 1 aliphatic rings. The predicted octanol–water partition coefficient (Wildman–Crippen LogP) is 4.28. The molecule has 1 atom stereocenters. The lowest BCUT2D eigenvalue weighted by Crippen LogP contribution is -2.40. The molecule has 210 valence electrons. The number of nitrogens with zero attached hydrogens (tertiary/aromatic N) is 3. The van der Waals surface area contributed by atoms with Crippen LogP contribution in [0.3, 0.4) is 0 Å². The summed E-state index contributed by atoms with van der Waals surface area (Å²) >= 11 is 1.18. The first kappa shape index (κ1) is 28.8. The minimum atomic E-state index is -0.819. The largest absolute Gasteiger partial charge is 0.493 e. The van der Waals surface area contributed by atoms with Crippen LogP contribution in [-0.2, 0) is 9.53 Å². The number of ether oxygens (including phenoxy) is 3. The molecule has 0 N–H and O–H groups in total. The number of carbonyl (C=O) groups is 1. The second kappa shape index (κ2) is 12.3. The zero-order chi connectivity index (χ0) is 29.0. The average Bonchev–Trinajstić information content (AvgIpc) is 3.22. The molecule has 0 saturated carbocycles. The van der Waals surface area contributed by atoms with Crippen molar-refractivity contribution in [1.82, 2.24) is 4.57 Å². The second-order valence-electron chi connectivity index (χ2n) is 9.50. The number of aromatic nitrogens is 1. The van der Waals surface area contributed by atoms with Crippen molar-refractivity contribution < 1.29 is 23.9 Å². The lowest BCUT2D eigenvalue weighted by molar-refractivity contribution is -0.384. The molecule has 3 aromatic rings. The third-order valence-corrected chi connectivity index (χ3v) is 7.23. The van der Waals surface area contributed by atoms with Crippen molar-refractivity contribution in [3.63, 3.8) is 0 Å². The summed E-state index contributed by atoms with van der Waals surface area (Å²) in [5.74, 6) is 0.485. The maximum absolute atomic E-state index is 13.8. The van der Waals surface area contributed by atoms with Crippen LogP contribution < -0.4 is 24.4 Å². The van der Waals surface area contributed by atoms with E-state index in [1.54, 1.807) is 51.1 Å². The molecule has 2 heterocycles. The Kier molecular flexibility index (Phi) is 8.83. The smallest absolute Gasteiger partial charge is 0.338 e. The van der Waals surface area contributed by atoms with Gasteiger partial charge in [-0.1, -0.05) is 30.7 Å². The summed E-state index contributed by atoms with van der Waals surface area (Å²) in [7, 11) is 1.54. The second-order valence-corrected chi connectivity index (χ2v) is 10.5. The number of hydrogen-bond donors (Lipinski definition) is 0. The number of hydrogen-bond acceptors (Lipinski definition) is 9. The van der Waals surface area contributed by atoms with Crippen LogP contribution in [0.25, 0.3) is 6.08 Å². The Morgan fingerprint density at radius 2 is 1.93 bits per heavy atom. The molecule has 1 aliphatic heterocycles.